The quantitative estimate of drug-likeness (QED) is 0.701. The summed E-state index contributed by atoms with van der Waals surface area (Å²) in [7, 11) is 2.22. The van der Waals surface area contributed by atoms with Crippen LogP contribution in [0.3, 0.4) is 0 Å². The molecule has 2 unspecified atom stereocenters. The highest BCUT2D eigenvalue weighted by Gasteiger charge is 2.17. The molecule has 1 rings (SSSR count). The van der Waals surface area contributed by atoms with Crippen LogP contribution in [0.15, 0.2) is 0 Å². The predicted molar refractivity (Wildman–Crippen MR) is 71.8 cm³/mol. The van der Waals surface area contributed by atoms with E-state index in [-0.39, 0.29) is 0 Å². The van der Waals surface area contributed by atoms with Crippen LogP contribution in [0.4, 0.5) is 0 Å². The maximum absolute atomic E-state index is 3.72. The van der Waals surface area contributed by atoms with Crippen LogP contribution in [0.1, 0.15) is 52.9 Å². The molecule has 0 bridgehead atoms. The van der Waals surface area contributed by atoms with Crippen molar-refractivity contribution < 1.29 is 0 Å². The van der Waals surface area contributed by atoms with Crippen LogP contribution in [0.2, 0.25) is 0 Å². The molecule has 0 amide bonds. The normalized spacial score (nSPS) is 26.6. The zero-order chi connectivity index (χ0) is 12.0. The Hall–Kier alpha value is -0.0800. The SMILES string of the molecule is CC1CCCC(NCCCN(C)C(C)C)C1. The van der Waals surface area contributed by atoms with Gasteiger partial charge in [0.1, 0.15) is 0 Å². The summed E-state index contributed by atoms with van der Waals surface area (Å²) in [5.41, 5.74) is 0. The average Bonchev–Trinajstić information content (AvgIpc) is 2.24. The molecule has 0 radical (unpaired) electrons. The van der Waals surface area contributed by atoms with Crippen LogP contribution in [0.25, 0.3) is 0 Å². The van der Waals surface area contributed by atoms with Crippen LogP contribution >= 0.6 is 0 Å². The fourth-order valence-corrected chi connectivity index (χ4v) is 2.51. The molecule has 1 N–H and O–H groups in total. The van der Waals surface area contributed by atoms with Crippen LogP contribution < -0.4 is 5.32 Å². The smallest absolute Gasteiger partial charge is 0.00696 e. The lowest BCUT2D eigenvalue weighted by molar-refractivity contribution is 0.259. The Morgan fingerprint density at radius 2 is 2.06 bits per heavy atom. The molecule has 0 aromatic rings. The van der Waals surface area contributed by atoms with Crippen molar-refractivity contribution in [2.75, 3.05) is 20.1 Å². The number of nitrogens with one attached hydrogen (secondary N) is 1. The molecule has 2 heteroatoms. The van der Waals surface area contributed by atoms with Gasteiger partial charge in [-0.2, -0.15) is 0 Å². The minimum atomic E-state index is 0.676. The van der Waals surface area contributed by atoms with Gasteiger partial charge in [0.05, 0.1) is 0 Å². The van der Waals surface area contributed by atoms with Gasteiger partial charge in [0, 0.05) is 12.1 Å². The zero-order valence-electron chi connectivity index (χ0n) is 11.6. The lowest BCUT2D eigenvalue weighted by atomic mass is 9.87. The van der Waals surface area contributed by atoms with Crippen LogP contribution in [-0.4, -0.2) is 37.1 Å². The first-order chi connectivity index (χ1) is 7.59. The molecule has 0 spiro atoms. The van der Waals surface area contributed by atoms with Crippen molar-refractivity contribution in [2.24, 2.45) is 5.92 Å². The summed E-state index contributed by atoms with van der Waals surface area (Å²) >= 11 is 0. The second kappa shape index (κ2) is 7.29. The second-order valence-electron chi connectivity index (χ2n) is 5.85. The maximum Gasteiger partial charge on any atom is 0.00696 e. The van der Waals surface area contributed by atoms with Gasteiger partial charge in [-0.1, -0.05) is 19.8 Å². The highest BCUT2D eigenvalue weighted by atomic mass is 15.1. The fourth-order valence-electron chi connectivity index (χ4n) is 2.51. The molecule has 0 saturated heterocycles. The Morgan fingerprint density at radius 3 is 2.69 bits per heavy atom. The molecule has 0 aliphatic heterocycles. The summed E-state index contributed by atoms with van der Waals surface area (Å²) in [4.78, 5) is 2.42. The minimum Gasteiger partial charge on any atom is -0.314 e. The standard InChI is InChI=1S/C14H30N2/c1-12(2)16(4)10-6-9-15-14-8-5-7-13(3)11-14/h12-15H,5-11H2,1-4H3. The molecule has 0 aromatic carbocycles. The van der Waals surface area contributed by atoms with Crippen LogP contribution in [-0.2, 0) is 0 Å². The summed E-state index contributed by atoms with van der Waals surface area (Å²) in [6.07, 6.45) is 6.92. The largest absolute Gasteiger partial charge is 0.314 e. The molecule has 1 aliphatic carbocycles. The second-order valence-corrected chi connectivity index (χ2v) is 5.85. The van der Waals surface area contributed by atoms with E-state index in [0.29, 0.717) is 6.04 Å². The molecule has 1 fully saturated rings. The Kier molecular flexibility index (Phi) is 6.37. The van der Waals surface area contributed by atoms with E-state index in [1.165, 1.54) is 45.2 Å². The topological polar surface area (TPSA) is 15.3 Å². The van der Waals surface area contributed by atoms with Crippen LogP contribution in [0, 0.1) is 5.92 Å². The van der Waals surface area contributed by atoms with Crippen molar-refractivity contribution in [1.82, 2.24) is 10.2 Å². The minimum absolute atomic E-state index is 0.676. The third-order valence-corrected chi connectivity index (χ3v) is 3.94. The Balaban J connectivity index is 2.02. The van der Waals surface area contributed by atoms with E-state index in [2.05, 4.69) is 38.0 Å². The number of hydrogen-bond acceptors (Lipinski definition) is 2. The maximum atomic E-state index is 3.72. The van der Waals surface area contributed by atoms with Gasteiger partial charge in [0.15, 0.2) is 0 Å². The third kappa shape index (κ3) is 5.31. The van der Waals surface area contributed by atoms with Gasteiger partial charge in [-0.05, 0) is 59.2 Å². The highest BCUT2D eigenvalue weighted by molar-refractivity contribution is 4.75. The summed E-state index contributed by atoms with van der Waals surface area (Å²) in [5, 5.41) is 3.72. The molecular formula is C14H30N2. The van der Waals surface area contributed by atoms with Gasteiger partial charge in [-0.3, -0.25) is 0 Å². The molecule has 96 valence electrons. The van der Waals surface area contributed by atoms with Gasteiger partial charge >= 0.3 is 0 Å². The number of rotatable bonds is 6. The first-order valence-electron chi connectivity index (χ1n) is 7.03. The van der Waals surface area contributed by atoms with Gasteiger partial charge in [-0.15, -0.1) is 0 Å². The summed E-state index contributed by atoms with van der Waals surface area (Å²) in [5.74, 6) is 0.935. The van der Waals surface area contributed by atoms with Crippen molar-refractivity contribution in [3.05, 3.63) is 0 Å². The molecule has 2 atom stereocenters. The van der Waals surface area contributed by atoms with Gasteiger partial charge < -0.3 is 10.2 Å². The Bertz CT molecular complexity index is 180. The highest BCUT2D eigenvalue weighted by Crippen LogP contribution is 2.23. The first kappa shape index (κ1) is 14.0. The molecule has 1 aliphatic rings. The lowest BCUT2D eigenvalue weighted by Crippen LogP contribution is -2.36. The molecule has 1 saturated carbocycles. The van der Waals surface area contributed by atoms with Gasteiger partial charge in [0.25, 0.3) is 0 Å². The lowest BCUT2D eigenvalue weighted by Gasteiger charge is -2.28. The van der Waals surface area contributed by atoms with Crippen molar-refractivity contribution in [1.29, 1.82) is 0 Å². The zero-order valence-corrected chi connectivity index (χ0v) is 11.6. The average molecular weight is 226 g/mol. The van der Waals surface area contributed by atoms with E-state index in [9.17, 15) is 0 Å². The van der Waals surface area contributed by atoms with E-state index in [1.54, 1.807) is 0 Å². The van der Waals surface area contributed by atoms with Crippen molar-refractivity contribution in [3.8, 4) is 0 Å². The van der Waals surface area contributed by atoms with E-state index in [4.69, 9.17) is 0 Å². The number of nitrogens with zero attached hydrogens (tertiary/aromatic N) is 1. The Morgan fingerprint density at radius 1 is 1.31 bits per heavy atom. The fraction of sp³-hybridized carbons (Fsp3) is 1.00. The first-order valence-corrected chi connectivity index (χ1v) is 7.03. The molecule has 16 heavy (non-hydrogen) atoms. The monoisotopic (exact) mass is 226 g/mol. The predicted octanol–water partition coefficient (Wildman–Crippen LogP) is 2.89. The molecule has 0 heterocycles. The van der Waals surface area contributed by atoms with Crippen molar-refractivity contribution >= 4 is 0 Å². The van der Waals surface area contributed by atoms with Gasteiger partial charge in [-0.25, -0.2) is 0 Å². The van der Waals surface area contributed by atoms with Crippen molar-refractivity contribution in [3.63, 3.8) is 0 Å². The van der Waals surface area contributed by atoms with E-state index in [0.717, 1.165) is 12.0 Å². The van der Waals surface area contributed by atoms with Gasteiger partial charge in [0.2, 0.25) is 0 Å². The summed E-state index contributed by atoms with van der Waals surface area (Å²) in [6.45, 7) is 9.31. The molecule has 2 nitrogen and oxygen atoms in total. The van der Waals surface area contributed by atoms with Crippen LogP contribution in [0.5, 0.6) is 0 Å². The summed E-state index contributed by atoms with van der Waals surface area (Å²) < 4.78 is 0. The van der Waals surface area contributed by atoms with E-state index >= 15 is 0 Å². The third-order valence-electron chi connectivity index (χ3n) is 3.94. The van der Waals surface area contributed by atoms with E-state index < -0.39 is 0 Å². The van der Waals surface area contributed by atoms with Crippen molar-refractivity contribution in [2.45, 2.75) is 65.0 Å². The van der Waals surface area contributed by atoms with E-state index in [1.807, 2.05) is 0 Å². The summed E-state index contributed by atoms with van der Waals surface area (Å²) in [6, 6.07) is 1.47. The molecular weight excluding hydrogens is 196 g/mol. The number of hydrogen-bond donors (Lipinski definition) is 1. The molecule has 0 aromatic heterocycles. The Labute approximate surface area is 102 Å².